The average Bonchev–Trinajstić information content (AvgIpc) is 2.99. The fourth-order valence-electron chi connectivity index (χ4n) is 4.89. The standard InChI is InChI=1S/C22H23NO5S/c1-14-8-10-17(11-9-14)29(26,27)23-19-7-5-4-6-18(19)22(15(2)24)20(23)12-16(25)13-21(22)28-3/h4-11,20-21H,12-13H2,1-3H3/t20-,21-,22-/m0/s1. The average molecular weight is 413 g/mol. The second-order valence-electron chi connectivity index (χ2n) is 7.74. The minimum Gasteiger partial charge on any atom is -0.380 e. The van der Waals surface area contributed by atoms with Crippen LogP contribution in [0.15, 0.2) is 53.4 Å². The van der Waals surface area contributed by atoms with Crippen molar-refractivity contribution in [1.29, 1.82) is 0 Å². The predicted octanol–water partition coefficient (Wildman–Crippen LogP) is 2.78. The Balaban J connectivity index is 2.00. The highest BCUT2D eigenvalue weighted by Crippen LogP contribution is 2.54. The van der Waals surface area contributed by atoms with Crippen LogP contribution in [0, 0.1) is 6.92 Å². The molecule has 2 aromatic carbocycles. The zero-order valence-electron chi connectivity index (χ0n) is 16.6. The minimum absolute atomic E-state index is 0.0286. The van der Waals surface area contributed by atoms with E-state index in [9.17, 15) is 18.0 Å². The Morgan fingerprint density at radius 1 is 1.10 bits per heavy atom. The van der Waals surface area contributed by atoms with Gasteiger partial charge in [-0.15, -0.1) is 0 Å². The molecule has 4 rings (SSSR count). The third kappa shape index (κ3) is 2.68. The van der Waals surface area contributed by atoms with Crippen molar-refractivity contribution in [2.75, 3.05) is 11.4 Å². The van der Waals surface area contributed by atoms with Crippen LogP contribution in [-0.2, 0) is 29.8 Å². The first-order chi connectivity index (χ1) is 13.7. The van der Waals surface area contributed by atoms with E-state index in [2.05, 4.69) is 0 Å². The molecule has 1 fully saturated rings. The molecule has 0 unspecified atom stereocenters. The van der Waals surface area contributed by atoms with Gasteiger partial charge in [0.1, 0.15) is 17.0 Å². The van der Waals surface area contributed by atoms with E-state index in [1.54, 1.807) is 48.5 Å². The van der Waals surface area contributed by atoms with Crippen LogP contribution in [0.25, 0.3) is 0 Å². The summed E-state index contributed by atoms with van der Waals surface area (Å²) in [5.41, 5.74) is 0.769. The molecule has 7 heteroatoms. The highest BCUT2D eigenvalue weighted by Gasteiger charge is 2.64. The number of nitrogens with zero attached hydrogens (tertiary/aromatic N) is 1. The molecule has 0 amide bonds. The summed E-state index contributed by atoms with van der Waals surface area (Å²) >= 11 is 0. The second kappa shape index (κ2) is 6.78. The number of ether oxygens (including phenoxy) is 1. The van der Waals surface area contributed by atoms with E-state index in [1.807, 2.05) is 6.92 Å². The van der Waals surface area contributed by atoms with Crippen molar-refractivity contribution in [2.45, 2.75) is 49.1 Å². The fraction of sp³-hybridized carbons (Fsp3) is 0.364. The zero-order chi connectivity index (χ0) is 21.0. The summed E-state index contributed by atoms with van der Waals surface area (Å²) in [5, 5.41) is 0. The molecule has 152 valence electrons. The lowest BCUT2D eigenvalue weighted by Gasteiger charge is -2.44. The molecule has 1 aliphatic heterocycles. The highest BCUT2D eigenvalue weighted by atomic mass is 32.2. The van der Waals surface area contributed by atoms with Gasteiger partial charge in [-0.2, -0.15) is 0 Å². The third-order valence-electron chi connectivity index (χ3n) is 6.18. The van der Waals surface area contributed by atoms with Crippen LogP contribution >= 0.6 is 0 Å². The number of benzene rings is 2. The molecule has 2 aromatic rings. The molecule has 29 heavy (non-hydrogen) atoms. The largest absolute Gasteiger partial charge is 0.380 e. The maximum atomic E-state index is 13.7. The normalized spacial score (nSPS) is 26.2. The number of Topliss-reactive ketones (excluding diaryl/α,β-unsaturated/α-hetero) is 2. The predicted molar refractivity (Wildman–Crippen MR) is 108 cm³/mol. The monoisotopic (exact) mass is 413 g/mol. The SMILES string of the molecule is CO[C@H]1CC(=O)C[C@@H]2N(S(=O)(=O)c3ccc(C)cc3)c3ccccc3[C@]12C(C)=O. The summed E-state index contributed by atoms with van der Waals surface area (Å²) in [6.07, 6.45) is -0.663. The summed E-state index contributed by atoms with van der Waals surface area (Å²) in [5.74, 6) is -0.313. The van der Waals surface area contributed by atoms with Gasteiger partial charge in [0.05, 0.1) is 22.7 Å². The van der Waals surface area contributed by atoms with E-state index < -0.39 is 27.6 Å². The van der Waals surface area contributed by atoms with Crippen molar-refractivity contribution in [2.24, 2.45) is 0 Å². The molecule has 0 aromatic heterocycles. The number of aryl methyl sites for hydroxylation is 1. The van der Waals surface area contributed by atoms with E-state index in [4.69, 9.17) is 4.74 Å². The van der Waals surface area contributed by atoms with Crippen LogP contribution in [0.3, 0.4) is 0 Å². The number of ketones is 2. The smallest absolute Gasteiger partial charge is 0.264 e. The number of hydrogen-bond donors (Lipinski definition) is 0. The summed E-state index contributed by atoms with van der Waals surface area (Å²) in [4.78, 5) is 25.7. The van der Waals surface area contributed by atoms with Crippen LogP contribution in [0.5, 0.6) is 0 Å². The first kappa shape index (κ1) is 19.8. The lowest BCUT2D eigenvalue weighted by Crippen LogP contribution is -2.61. The van der Waals surface area contributed by atoms with Gasteiger partial charge in [0.2, 0.25) is 0 Å². The van der Waals surface area contributed by atoms with Crippen molar-refractivity contribution in [3.05, 3.63) is 59.7 Å². The Morgan fingerprint density at radius 2 is 1.76 bits per heavy atom. The molecule has 0 radical (unpaired) electrons. The molecule has 2 aliphatic rings. The number of sulfonamides is 1. The summed E-state index contributed by atoms with van der Waals surface area (Å²) in [7, 11) is -2.53. The number of methoxy groups -OCH3 is 1. The van der Waals surface area contributed by atoms with Gasteiger partial charge in [0.25, 0.3) is 10.0 Å². The van der Waals surface area contributed by atoms with Gasteiger partial charge in [-0.05, 0) is 37.6 Å². The third-order valence-corrected chi connectivity index (χ3v) is 8.02. The topological polar surface area (TPSA) is 80.8 Å². The quantitative estimate of drug-likeness (QED) is 0.770. The van der Waals surface area contributed by atoms with Crippen LogP contribution in [0.4, 0.5) is 5.69 Å². The molecule has 0 bridgehead atoms. The van der Waals surface area contributed by atoms with Crippen molar-refractivity contribution < 1.29 is 22.7 Å². The van der Waals surface area contributed by atoms with Gasteiger partial charge in [-0.3, -0.25) is 13.9 Å². The van der Waals surface area contributed by atoms with Crippen molar-refractivity contribution in [3.63, 3.8) is 0 Å². The fourth-order valence-corrected chi connectivity index (χ4v) is 6.59. The molecule has 6 nitrogen and oxygen atoms in total. The molecular formula is C22H23NO5S. The number of carbonyl (C=O) groups excluding carboxylic acids is 2. The number of rotatable bonds is 4. The van der Waals surface area contributed by atoms with Crippen LogP contribution < -0.4 is 4.31 Å². The molecular weight excluding hydrogens is 390 g/mol. The lowest BCUT2D eigenvalue weighted by atomic mass is 9.63. The van der Waals surface area contributed by atoms with Crippen molar-refractivity contribution >= 4 is 27.3 Å². The van der Waals surface area contributed by atoms with Gasteiger partial charge in [-0.25, -0.2) is 8.42 Å². The first-order valence-electron chi connectivity index (χ1n) is 9.50. The van der Waals surface area contributed by atoms with Crippen LogP contribution in [0.1, 0.15) is 30.9 Å². The molecule has 3 atom stereocenters. The Hall–Kier alpha value is -2.51. The van der Waals surface area contributed by atoms with Gasteiger partial charge < -0.3 is 4.74 Å². The maximum Gasteiger partial charge on any atom is 0.264 e. The number of hydrogen-bond acceptors (Lipinski definition) is 5. The van der Waals surface area contributed by atoms with Gasteiger partial charge in [-0.1, -0.05) is 35.9 Å². The van der Waals surface area contributed by atoms with E-state index in [-0.39, 0.29) is 29.3 Å². The van der Waals surface area contributed by atoms with Gasteiger partial charge in [0.15, 0.2) is 0 Å². The Labute approximate surface area is 170 Å². The van der Waals surface area contributed by atoms with Crippen molar-refractivity contribution in [3.8, 4) is 0 Å². The van der Waals surface area contributed by atoms with Crippen LogP contribution in [-0.4, -0.2) is 39.2 Å². The molecule has 1 aliphatic carbocycles. The Morgan fingerprint density at radius 3 is 2.38 bits per heavy atom. The number of anilines is 1. The number of carbonyl (C=O) groups is 2. The Kier molecular flexibility index (Phi) is 4.63. The first-order valence-corrected chi connectivity index (χ1v) is 10.9. The summed E-state index contributed by atoms with van der Waals surface area (Å²) in [6, 6.07) is 12.7. The number of fused-ring (bicyclic) bond motifs is 3. The molecule has 0 spiro atoms. The summed E-state index contributed by atoms with van der Waals surface area (Å²) < 4.78 is 34.3. The molecule has 0 saturated heterocycles. The van der Waals surface area contributed by atoms with Crippen LogP contribution in [0.2, 0.25) is 0 Å². The molecule has 0 N–H and O–H groups in total. The van der Waals surface area contributed by atoms with Crippen molar-refractivity contribution in [1.82, 2.24) is 0 Å². The Bertz CT molecular complexity index is 1090. The van der Waals surface area contributed by atoms with E-state index >= 15 is 0 Å². The van der Waals surface area contributed by atoms with Gasteiger partial charge in [0, 0.05) is 20.0 Å². The van der Waals surface area contributed by atoms with E-state index in [1.165, 1.54) is 18.3 Å². The molecule has 1 heterocycles. The van der Waals surface area contributed by atoms with E-state index in [0.29, 0.717) is 11.3 Å². The second-order valence-corrected chi connectivity index (χ2v) is 9.56. The lowest BCUT2D eigenvalue weighted by molar-refractivity contribution is -0.137. The summed E-state index contributed by atoms with van der Waals surface area (Å²) in [6.45, 7) is 3.33. The zero-order valence-corrected chi connectivity index (χ0v) is 17.4. The minimum atomic E-state index is -3.99. The highest BCUT2D eigenvalue weighted by molar-refractivity contribution is 7.93. The van der Waals surface area contributed by atoms with Gasteiger partial charge >= 0.3 is 0 Å². The molecule has 1 saturated carbocycles. The number of para-hydroxylation sites is 1. The maximum absolute atomic E-state index is 13.7. The van der Waals surface area contributed by atoms with E-state index in [0.717, 1.165) is 5.56 Å².